The van der Waals surface area contributed by atoms with Crippen LogP contribution in [-0.2, 0) is 20.6 Å². The minimum absolute atomic E-state index is 0.0696. The molecule has 0 aliphatic rings. The molecule has 1 aromatic heterocycles. The Hall–Kier alpha value is -2.26. The Morgan fingerprint density at radius 1 is 1.00 bits per heavy atom. The maximum absolute atomic E-state index is 12.4. The van der Waals surface area contributed by atoms with E-state index < -0.39 is 10.0 Å². The molecule has 2 aromatic carbocycles. The fraction of sp³-hybridized carbons (Fsp3) is 0.100. The van der Waals surface area contributed by atoms with Gasteiger partial charge in [0.1, 0.15) is 5.82 Å². The molecule has 1 amide bonds. The SMILES string of the molecule is O=C(CSCc1ccc(Cl)c(Cl)c1)Nc1ccc(S(=O)(=O)Nc2ccccn2)cc1. The fourth-order valence-corrected chi connectivity index (χ4v) is 4.53. The van der Waals surface area contributed by atoms with Gasteiger partial charge in [-0.2, -0.15) is 0 Å². The van der Waals surface area contributed by atoms with E-state index in [1.807, 2.05) is 6.07 Å². The van der Waals surface area contributed by atoms with Gasteiger partial charge in [-0.15, -0.1) is 11.8 Å². The van der Waals surface area contributed by atoms with E-state index >= 15 is 0 Å². The molecule has 0 fully saturated rings. The number of hydrogen-bond acceptors (Lipinski definition) is 5. The van der Waals surface area contributed by atoms with Crippen molar-refractivity contribution in [2.24, 2.45) is 0 Å². The second-order valence-electron chi connectivity index (χ2n) is 6.13. The van der Waals surface area contributed by atoms with Crippen LogP contribution in [0.2, 0.25) is 10.0 Å². The molecule has 2 N–H and O–H groups in total. The molecule has 6 nitrogen and oxygen atoms in total. The molecule has 0 aliphatic heterocycles. The van der Waals surface area contributed by atoms with Crippen molar-refractivity contribution in [2.45, 2.75) is 10.6 Å². The third-order valence-electron chi connectivity index (χ3n) is 3.84. The van der Waals surface area contributed by atoms with Crippen LogP contribution in [-0.4, -0.2) is 25.1 Å². The molecular weight excluding hydrogens is 465 g/mol. The van der Waals surface area contributed by atoms with E-state index in [1.165, 1.54) is 42.2 Å². The number of halogens is 2. The fourth-order valence-electron chi connectivity index (χ4n) is 2.43. The number of carbonyl (C=O) groups is 1. The van der Waals surface area contributed by atoms with Crippen molar-refractivity contribution in [3.05, 3.63) is 82.5 Å². The first-order chi connectivity index (χ1) is 14.3. The first kappa shape index (κ1) is 22.4. The number of carbonyl (C=O) groups excluding carboxylic acids is 1. The molecule has 3 rings (SSSR count). The highest BCUT2D eigenvalue weighted by molar-refractivity contribution is 7.99. The van der Waals surface area contributed by atoms with E-state index in [1.54, 1.807) is 30.3 Å². The summed E-state index contributed by atoms with van der Waals surface area (Å²) >= 11 is 13.3. The number of pyridine rings is 1. The Balaban J connectivity index is 1.52. The van der Waals surface area contributed by atoms with E-state index in [2.05, 4.69) is 15.0 Å². The number of sulfonamides is 1. The first-order valence-electron chi connectivity index (χ1n) is 8.69. The van der Waals surface area contributed by atoms with Crippen molar-refractivity contribution in [3.8, 4) is 0 Å². The Labute approximate surface area is 189 Å². The maximum atomic E-state index is 12.4. The lowest BCUT2D eigenvalue weighted by Gasteiger charge is -2.09. The third kappa shape index (κ3) is 6.37. The number of amides is 1. The van der Waals surface area contributed by atoms with Gasteiger partial charge in [0.15, 0.2) is 0 Å². The Bertz CT molecular complexity index is 1130. The number of anilines is 2. The largest absolute Gasteiger partial charge is 0.325 e. The van der Waals surface area contributed by atoms with Crippen molar-refractivity contribution in [3.63, 3.8) is 0 Å². The van der Waals surface area contributed by atoms with Crippen LogP contribution in [0.1, 0.15) is 5.56 Å². The third-order valence-corrected chi connectivity index (χ3v) is 6.95. The first-order valence-corrected chi connectivity index (χ1v) is 12.1. The lowest BCUT2D eigenvalue weighted by atomic mass is 10.2. The van der Waals surface area contributed by atoms with Crippen molar-refractivity contribution < 1.29 is 13.2 Å². The van der Waals surface area contributed by atoms with Crippen LogP contribution in [0.5, 0.6) is 0 Å². The summed E-state index contributed by atoms with van der Waals surface area (Å²) in [5.74, 6) is 0.888. The molecule has 1 heterocycles. The van der Waals surface area contributed by atoms with Crippen LogP contribution in [0.3, 0.4) is 0 Å². The minimum Gasteiger partial charge on any atom is -0.325 e. The highest BCUT2D eigenvalue weighted by atomic mass is 35.5. The topological polar surface area (TPSA) is 88.2 Å². The summed E-state index contributed by atoms with van der Waals surface area (Å²) in [6, 6.07) is 16.2. The molecule has 0 saturated heterocycles. The standard InChI is InChI=1S/C20H17Cl2N3O3S2/c21-17-9-4-14(11-18(17)22)12-29-13-20(26)24-15-5-7-16(8-6-15)30(27,28)25-19-3-1-2-10-23-19/h1-11H,12-13H2,(H,23,25)(H,24,26). The maximum Gasteiger partial charge on any atom is 0.263 e. The molecule has 0 atom stereocenters. The molecule has 0 radical (unpaired) electrons. The highest BCUT2D eigenvalue weighted by Crippen LogP contribution is 2.25. The van der Waals surface area contributed by atoms with Gasteiger partial charge >= 0.3 is 0 Å². The zero-order valence-electron chi connectivity index (χ0n) is 15.5. The Kier molecular flexibility index (Phi) is 7.60. The lowest BCUT2D eigenvalue weighted by molar-refractivity contribution is -0.113. The number of nitrogens with one attached hydrogen (secondary N) is 2. The van der Waals surface area contributed by atoms with E-state index in [0.29, 0.717) is 21.5 Å². The summed E-state index contributed by atoms with van der Waals surface area (Å²) in [5, 5.41) is 3.71. The van der Waals surface area contributed by atoms with Crippen LogP contribution in [0.15, 0.2) is 71.8 Å². The summed E-state index contributed by atoms with van der Waals surface area (Å²) in [7, 11) is -3.76. The number of rotatable bonds is 8. The van der Waals surface area contributed by atoms with Gasteiger partial charge in [0.05, 0.1) is 20.7 Å². The molecule has 0 saturated carbocycles. The lowest BCUT2D eigenvalue weighted by Crippen LogP contribution is -2.15. The number of benzene rings is 2. The van der Waals surface area contributed by atoms with Crippen molar-refractivity contribution in [2.75, 3.05) is 15.8 Å². The average molecular weight is 482 g/mol. The minimum atomic E-state index is -3.76. The quantitative estimate of drug-likeness (QED) is 0.469. The van der Waals surface area contributed by atoms with Crippen LogP contribution in [0.4, 0.5) is 11.5 Å². The average Bonchev–Trinajstić information content (AvgIpc) is 2.71. The van der Waals surface area contributed by atoms with E-state index in [0.717, 1.165) is 5.56 Å². The zero-order chi connectivity index (χ0) is 21.6. The second kappa shape index (κ2) is 10.2. The van der Waals surface area contributed by atoms with E-state index in [-0.39, 0.29) is 22.4 Å². The molecule has 10 heteroatoms. The predicted molar refractivity (Wildman–Crippen MR) is 123 cm³/mol. The number of nitrogens with zero attached hydrogens (tertiary/aromatic N) is 1. The van der Waals surface area contributed by atoms with E-state index in [9.17, 15) is 13.2 Å². The summed E-state index contributed by atoms with van der Waals surface area (Å²) < 4.78 is 27.2. The monoisotopic (exact) mass is 481 g/mol. The van der Waals surface area contributed by atoms with Crippen LogP contribution >= 0.6 is 35.0 Å². The van der Waals surface area contributed by atoms with Gasteiger partial charge < -0.3 is 5.32 Å². The number of hydrogen-bond donors (Lipinski definition) is 2. The predicted octanol–water partition coefficient (Wildman–Crippen LogP) is 5.06. The van der Waals surface area contributed by atoms with Crippen molar-refractivity contribution >= 4 is 62.4 Å². The van der Waals surface area contributed by atoms with Gasteiger partial charge in [0, 0.05) is 17.6 Å². The molecule has 0 unspecified atom stereocenters. The zero-order valence-corrected chi connectivity index (χ0v) is 18.7. The van der Waals surface area contributed by atoms with Gasteiger partial charge in [-0.3, -0.25) is 9.52 Å². The summed E-state index contributed by atoms with van der Waals surface area (Å²) in [4.78, 5) is 16.1. The van der Waals surface area contributed by atoms with Gasteiger partial charge in [0.25, 0.3) is 10.0 Å². The molecule has 30 heavy (non-hydrogen) atoms. The molecule has 0 aliphatic carbocycles. The molecule has 156 valence electrons. The highest BCUT2D eigenvalue weighted by Gasteiger charge is 2.15. The van der Waals surface area contributed by atoms with Crippen molar-refractivity contribution in [1.82, 2.24) is 4.98 Å². The normalized spacial score (nSPS) is 11.1. The Morgan fingerprint density at radius 3 is 2.43 bits per heavy atom. The van der Waals surface area contributed by atoms with Crippen LogP contribution in [0, 0.1) is 0 Å². The molecule has 0 bridgehead atoms. The second-order valence-corrected chi connectivity index (χ2v) is 9.62. The van der Waals surface area contributed by atoms with Crippen LogP contribution in [0.25, 0.3) is 0 Å². The van der Waals surface area contributed by atoms with Crippen molar-refractivity contribution in [1.29, 1.82) is 0 Å². The molecule has 3 aromatic rings. The number of thioether (sulfide) groups is 1. The van der Waals surface area contributed by atoms with Gasteiger partial charge in [-0.25, -0.2) is 13.4 Å². The summed E-state index contributed by atoms with van der Waals surface area (Å²) in [5.41, 5.74) is 1.48. The summed E-state index contributed by atoms with van der Waals surface area (Å²) in [6.07, 6.45) is 1.50. The van der Waals surface area contributed by atoms with Gasteiger partial charge in [0.2, 0.25) is 5.91 Å². The van der Waals surface area contributed by atoms with Gasteiger partial charge in [-0.1, -0.05) is 35.3 Å². The summed E-state index contributed by atoms with van der Waals surface area (Å²) in [6.45, 7) is 0. The van der Waals surface area contributed by atoms with Gasteiger partial charge in [-0.05, 0) is 54.1 Å². The Morgan fingerprint density at radius 2 is 1.77 bits per heavy atom. The molecule has 0 spiro atoms. The molecular formula is C20H17Cl2N3O3S2. The van der Waals surface area contributed by atoms with Crippen LogP contribution < -0.4 is 10.0 Å². The van der Waals surface area contributed by atoms with E-state index in [4.69, 9.17) is 23.2 Å². The number of aromatic nitrogens is 1. The smallest absolute Gasteiger partial charge is 0.263 e.